The molecule has 0 bridgehead atoms. The van der Waals surface area contributed by atoms with Crippen LogP contribution in [-0.2, 0) is 16.1 Å². The molecule has 1 saturated heterocycles. The average Bonchev–Trinajstić information content (AvgIpc) is 2.69. The van der Waals surface area contributed by atoms with Gasteiger partial charge in [0.05, 0.1) is 19.8 Å². The molecular formula is C21H26ClN3O2. The van der Waals surface area contributed by atoms with Gasteiger partial charge in [0.25, 0.3) is 0 Å². The van der Waals surface area contributed by atoms with Crippen molar-refractivity contribution in [3.05, 3.63) is 64.7 Å². The minimum absolute atomic E-state index is 0.000323. The minimum atomic E-state index is -0.0742. The van der Waals surface area contributed by atoms with Crippen LogP contribution < -0.4 is 10.6 Å². The second-order valence-corrected chi connectivity index (χ2v) is 7.16. The third kappa shape index (κ3) is 6.04. The minimum Gasteiger partial charge on any atom is -0.379 e. The van der Waals surface area contributed by atoms with Gasteiger partial charge in [-0.3, -0.25) is 9.69 Å². The number of carbonyl (C=O) groups excluding carboxylic acids is 1. The van der Waals surface area contributed by atoms with E-state index < -0.39 is 0 Å². The van der Waals surface area contributed by atoms with Gasteiger partial charge in [-0.15, -0.1) is 0 Å². The van der Waals surface area contributed by atoms with E-state index in [1.807, 2.05) is 43.3 Å². The van der Waals surface area contributed by atoms with Gasteiger partial charge in [-0.05, 0) is 36.2 Å². The van der Waals surface area contributed by atoms with Crippen molar-refractivity contribution in [3.63, 3.8) is 0 Å². The highest BCUT2D eigenvalue weighted by atomic mass is 35.5. The van der Waals surface area contributed by atoms with Crippen molar-refractivity contribution >= 4 is 23.2 Å². The highest BCUT2D eigenvalue weighted by Crippen LogP contribution is 2.21. The smallest absolute Gasteiger partial charge is 0.238 e. The van der Waals surface area contributed by atoms with Crippen LogP contribution in [-0.4, -0.2) is 43.7 Å². The number of nitrogens with zero attached hydrogens (tertiary/aromatic N) is 1. The molecular weight excluding hydrogens is 362 g/mol. The zero-order valence-electron chi connectivity index (χ0n) is 15.6. The van der Waals surface area contributed by atoms with Gasteiger partial charge in [0.15, 0.2) is 0 Å². The van der Waals surface area contributed by atoms with Gasteiger partial charge in [-0.25, -0.2) is 0 Å². The number of rotatable bonds is 7. The number of nitrogens with one attached hydrogen (secondary N) is 2. The third-order valence-corrected chi connectivity index (χ3v) is 5.03. The van der Waals surface area contributed by atoms with Crippen molar-refractivity contribution in [1.82, 2.24) is 10.2 Å². The summed E-state index contributed by atoms with van der Waals surface area (Å²) in [5.41, 5.74) is 3.03. The Morgan fingerprint density at radius 1 is 1.15 bits per heavy atom. The van der Waals surface area contributed by atoms with Crippen LogP contribution in [0.2, 0.25) is 5.02 Å². The molecule has 0 saturated carbocycles. The molecule has 2 aromatic carbocycles. The van der Waals surface area contributed by atoms with Crippen LogP contribution in [0.1, 0.15) is 24.1 Å². The molecule has 1 amide bonds. The molecule has 1 heterocycles. The van der Waals surface area contributed by atoms with E-state index in [0.717, 1.165) is 44.1 Å². The van der Waals surface area contributed by atoms with Crippen LogP contribution in [0, 0.1) is 0 Å². The first-order valence-electron chi connectivity index (χ1n) is 9.28. The molecule has 144 valence electrons. The van der Waals surface area contributed by atoms with Gasteiger partial charge in [0.1, 0.15) is 0 Å². The molecule has 0 unspecified atom stereocenters. The van der Waals surface area contributed by atoms with Crippen molar-refractivity contribution in [1.29, 1.82) is 0 Å². The Morgan fingerprint density at radius 3 is 2.56 bits per heavy atom. The molecule has 1 aliphatic heterocycles. The van der Waals surface area contributed by atoms with Crippen LogP contribution in [0.5, 0.6) is 0 Å². The number of hydrogen-bond acceptors (Lipinski definition) is 4. The molecule has 0 radical (unpaired) electrons. The lowest BCUT2D eigenvalue weighted by atomic mass is 10.1. The Hall–Kier alpha value is -1.92. The maximum Gasteiger partial charge on any atom is 0.238 e. The van der Waals surface area contributed by atoms with E-state index in [4.69, 9.17) is 16.3 Å². The van der Waals surface area contributed by atoms with Crippen molar-refractivity contribution in [2.24, 2.45) is 0 Å². The molecule has 2 aromatic rings. The van der Waals surface area contributed by atoms with Crippen LogP contribution in [0.15, 0.2) is 48.5 Å². The van der Waals surface area contributed by atoms with E-state index in [-0.39, 0.29) is 18.5 Å². The van der Waals surface area contributed by atoms with Gasteiger partial charge in [0, 0.05) is 36.4 Å². The molecule has 3 rings (SSSR count). The molecule has 0 aromatic heterocycles. The fourth-order valence-electron chi connectivity index (χ4n) is 3.10. The molecule has 1 aliphatic rings. The van der Waals surface area contributed by atoms with E-state index in [0.29, 0.717) is 5.02 Å². The fraction of sp³-hybridized carbons (Fsp3) is 0.381. The van der Waals surface area contributed by atoms with Gasteiger partial charge in [-0.2, -0.15) is 0 Å². The normalized spacial score (nSPS) is 16.1. The van der Waals surface area contributed by atoms with Crippen molar-refractivity contribution in [2.45, 2.75) is 19.5 Å². The Bertz CT molecular complexity index is 745. The van der Waals surface area contributed by atoms with Crippen LogP contribution >= 0.6 is 11.6 Å². The summed E-state index contributed by atoms with van der Waals surface area (Å²) < 4.78 is 5.37. The van der Waals surface area contributed by atoms with Crippen LogP contribution in [0.3, 0.4) is 0 Å². The second kappa shape index (κ2) is 9.85. The molecule has 27 heavy (non-hydrogen) atoms. The SMILES string of the molecule is C[C@@H](NCC(=O)Nc1ccc(CN2CCOCC2)cc1)c1ccccc1Cl. The first-order valence-corrected chi connectivity index (χ1v) is 9.66. The molecule has 6 heteroatoms. The summed E-state index contributed by atoms with van der Waals surface area (Å²) in [6, 6.07) is 15.7. The van der Waals surface area contributed by atoms with E-state index >= 15 is 0 Å². The highest BCUT2D eigenvalue weighted by molar-refractivity contribution is 6.31. The number of anilines is 1. The maximum atomic E-state index is 12.2. The third-order valence-electron chi connectivity index (χ3n) is 4.69. The molecule has 1 fully saturated rings. The first kappa shape index (κ1) is 19.8. The van der Waals surface area contributed by atoms with Crippen LogP contribution in [0.25, 0.3) is 0 Å². The number of hydrogen-bond donors (Lipinski definition) is 2. The Labute approximate surface area is 165 Å². The number of halogens is 1. The molecule has 2 N–H and O–H groups in total. The second-order valence-electron chi connectivity index (χ2n) is 6.76. The number of carbonyl (C=O) groups is 1. The lowest BCUT2D eigenvalue weighted by Crippen LogP contribution is -2.35. The fourth-order valence-corrected chi connectivity index (χ4v) is 3.40. The van der Waals surface area contributed by atoms with Crippen molar-refractivity contribution in [3.8, 4) is 0 Å². The largest absolute Gasteiger partial charge is 0.379 e. The molecule has 5 nitrogen and oxygen atoms in total. The average molecular weight is 388 g/mol. The lowest BCUT2D eigenvalue weighted by Gasteiger charge is -2.26. The predicted octanol–water partition coefficient (Wildman–Crippen LogP) is 3.46. The van der Waals surface area contributed by atoms with Gasteiger partial charge < -0.3 is 15.4 Å². The number of amides is 1. The summed E-state index contributed by atoms with van der Waals surface area (Å²) in [6.07, 6.45) is 0. The molecule has 0 aliphatic carbocycles. The molecule has 0 spiro atoms. The Morgan fingerprint density at radius 2 is 1.85 bits per heavy atom. The van der Waals surface area contributed by atoms with Gasteiger partial charge >= 0.3 is 0 Å². The van der Waals surface area contributed by atoms with Gasteiger partial charge in [0.2, 0.25) is 5.91 Å². The first-order chi connectivity index (χ1) is 13.1. The monoisotopic (exact) mass is 387 g/mol. The number of ether oxygens (including phenoxy) is 1. The summed E-state index contributed by atoms with van der Waals surface area (Å²) in [7, 11) is 0. The lowest BCUT2D eigenvalue weighted by molar-refractivity contribution is -0.115. The zero-order valence-corrected chi connectivity index (χ0v) is 16.3. The van der Waals surface area contributed by atoms with E-state index in [9.17, 15) is 4.79 Å². The number of morpholine rings is 1. The Balaban J connectivity index is 1.45. The van der Waals surface area contributed by atoms with Gasteiger partial charge in [-0.1, -0.05) is 41.9 Å². The summed E-state index contributed by atoms with van der Waals surface area (Å²) in [6.45, 7) is 6.66. The molecule has 1 atom stereocenters. The zero-order chi connectivity index (χ0) is 19.1. The van der Waals surface area contributed by atoms with Crippen LogP contribution in [0.4, 0.5) is 5.69 Å². The number of benzene rings is 2. The topological polar surface area (TPSA) is 53.6 Å². The standard InChI is InChI=1S/C21H26ClN3O2/c1-16(19-4-2-3-5-20(19)22)23-14-21(26)24-18-8-6-17(7-9-18)15-25-10-12-27-13-11-25/h2-9,16,23H,10-15H2,1H3,(H,24,26)/t16-/m1/s1. The predicted molar refractivity (Wildman–Crippen MR) is 109 cm³/mol. The summed E-state index contributed by atoms with van der Waals surface area (Å²) in [5.74, 6) is -0.0742. The maximum absolute atomic E-state index is 12.2. The van der Waals surface area contributed by atoms with E-state index in [1.165, 1.54) is 5.56 Å². The summed E-state index contributed by atoms with van der Waals surface area (Å²) >= 11 is 6.20. The quantitative estimate of drug-likeness (QED) is 0.763. The van der Waals surface area contributed by atoms with Crippen molar-refractivity contribution in [2.75, 3.05) is 38.2 Å². The summed E-state index contributed by atoms with van der Waals surface area (Å²) in [5, 5.41) is 6.84. The highest BCUT2D eigenvalue weighted by Gasteiger charge is 2.12. The summed E-state index contributed by atoms with van der Waals surface area (Å²) in [4.78, 5) is 14.6. The Kier molecular flexibility index (Phi) is 7.24. The van der Waals surface area contributed by atoms with E-state index in [1.54, 1.807) is 0 Å². The van der Waals surface area contributed by atoms with Crippen molar-refractivity contribution < 1.29 is 9.53 Å². The van der Waals surface area contributed by atoms with E-state index in [2.05, 4.69) is 27.7 Å².